The second kappa shape index (κ2) is 8.71. The number of carbonyl (C=O) groups is 2. The zero-order valence-corrected chi connectivity index (χ0v) is 19.3. The minimum atomic E-state index is -0.418. The lowest BCUT2D eigenvalue weighted by Gasteiger charge is -2.28. The lowest BCUT2D eigenvalue weighted by molar-refractivity contribution is -0.127. The van der Waals surface area contributed by atoms with Gasteiger partial charge in [0.2, 0.25) is 0 Å². The van der Waals surface area contributed by atoms with Crippen LogP contribution in [0.3, 0.4) is 0 Å². The first-order chi connectivity index (χ1) is 14.4. The van der Waals surface area contributed by atoms with Gasteiger partial charge >= 0.3 is 6.03 Å². The Balaban J connectivity index is 1.98. The summed E-state index contributed by atoms with van der Waals surface area (Å²) in [5.74, 6) is -0.137. The maximum atomic E-state index is 13.3. The molecule has 31 heavy (non-hydrogen) atoms. The molecule has 0 spiro atoms. The maximum Gasteiger partial charge on any atom is 0.319 e. The molecule has 1 aliphatic rings. The van der Waals surface area contributed by atoms with Crippen molar-refractivity contribution >= 4 is 29.0 Å². The van der Waals surface area contributed by atoms with Crippen molar-refractivity contribution in [1.29, 1.82) is 0 Å². The van der Waals surface area contributed by atoms with Crippen LogP contribution in [-0.4, -0.2) is 29.7 Å². The fraction of sp³-hybridized carbons (Fsp3) is 0.440. The number of benzene rings is 2. The molecule has 0 unspecified atom stereocenters. The van der Waals surface area contributed by atoms with Gasteiger partial charge in [-0.3, -0.25) is 9.69 Å². The summed E-state index contributed by atoms with van der Waals surface area (Å²) in [6.07, 6.45) is 1.65. The number of amides is 3. The monoisotopic (exact) mass is 423 g/mol. The van der Waals surface area contributed by atoms with Gasteiger partial charge in [-0.05, 0) is 83.7 Å². The highest BCUT2D eigenvalue weighted by atomic mass is 16.5. The summed E-state index contributed by atoms with van der Waals surface area (Å²) in [5, 5.41) is 5.79. The smallest absolute Gasteiger partial charge is 0.319 e. The van der Waals surface area contributed by atoms with Gasteiger partial charge in [-0.2, -0.15) is 0 Å². The molecule has 0 aliphatic carbocycles. The van der Waals surface area contributed by atoms with E-state index < -0.39 is 5.60 Å². The largest absolute Gasteiger partial charge is 0.366 e. The summed E-state index contributed by atoms with van der Waals surface area (Å²) in [4.78, 5) is 27.4. The van der Waals surface area contributed by atoms with Crippen LogP contribution in [0.25, 0.3) is 0 Å². The molecule has 6 heteroatoms. The third-order valence-electron chi connectivity index (χ3n) is 4.85. The van der Waals surface area contributed by atoms with E-state index in [1.165, 1.54) is 0 Å². The summed E-state index contributed by atoms with van der Waals surface area (Å²) in [7, 11) is 0. The number of fused-ring (bicyclic) bond motifs is 2. The molecule has 3 rings (SSSR count). The molecule has 1 heterocycles. The number of carbonyl (C=O) groups excluding carboxylic acids is 2. The Morgan fingerprint density at radius 2 is 1.58 bits per heavy atom. The second-order valence-electron chi connectivity index (χ2n) is 9.93. The number of rotatable bonds is 3. The zero-order chi connectivity index (χ0) is 22.8. The minimum absolute atomic E-state index is 0.0283. The molecule has 0 radical (unpaired) electrons. The third-order valence-corrected chi connectivity index (χ3v) is 4.85. The predicted molar refractivity (Wildman–Crippen MR) is 125 cm³/mol. The van der Waals surface area contributed by atoms with Crippen LogP contribution in [0, 0.1) is 0 Å². The SMILES string of the molecule is CC(C)(C)NC(=O)Nc1ccc2c(c1)N(C(=O)COC(C)(C)C)c1ccccc1CC2. The van der Waals surface area contributed by atoms with Crippen LogP contribution in [0.5, 0.6) is 0 Å². The van der Waals surface area contributed by atoms with Crippen molar-refractivity contribution in [1.82, 2.24) is 5.32 Å². The molecular formula is C25H33N3O3. The summed E-state index contributed by atoms with van der Waals surface area (Å²) < 4.78 is 5.79. The molecule has 0 saturated carbocycles. The second-order valence-corrected chi connectivity index (χ2v) is 9.93. The third kappa shape index (κ3) is 6.07. The first-order valence-corrected chi connectivity index (χ1v) is 10.7. The fourth-order valence-corrected chi connectivity index (χ4v) is 3.52. The number of ether oxygens (including phenoxy) is 1. The first kappa shape index (κ1) is 22.8. The van der Waals surface area contributed by atoms with E-state index in [0.29, 0.717) is 5.69 Å². The van der Waals surface area contributed by atoms with Crippen molar-refractivity contribution in [2.75, 3.05) is 16.8 Å². The van der Waals surface area contributed by atoms with Gasteiger partial charge in [0, 0.05) is 11.2 Å². The average molecular weight is 424 g/mol. The van der Waals surface area contributed by atoms with Crippen LogP contribution in [-0.2, 0) is 22.4 Å². The Morgan fingerprint density at radius 3 is 2.23 bits per heavy atom. The molecular weight excluding hydrogens is 390 g/mol. The van der Waals surface area contributed by atoms with E-state index in [9.17, 15) is 9.59 Å². The Hall–Kier alpha value is -2.86. The first-order valence-electron chi connectivity index (χ1n) is 10.7. The molecule has 0 saturated heterocycles. The van der Waals surface area contributed by atoms with Crippen molar-refractivity contribution in [3.63, 3.8) is 0 Å². The van der Waals surface area contributed by atoms with E-state index >= 15 is 0 Å². The molecule has 2 N–H and O–H groups in total. The van der Waals surface area contributed by atoms with Crippen molar-refractivity contribution in [3.8, 4) is 0 Å². The van der Waals surface area contributed by atoms with Crippen LogP contribution < -0.4 is 15.5 Å². The van der Waals surface area contributed by atoms with Crippen molar-refractivity contribution in [3.05, 3.63) is 53.6 Å². The molecule has 3 amide bonds. The molecule has 1 aliphatic heterocycles. The summed E-state index contributed by atoms with van der Waals surface area (Å²) in [5.41, 5.74) is 3.68. The van der Waals surface area contributed by atoms with Gasteiger partial charge < -0.3 is 15.4 Å². The van der Waals surface area contributed by atoms with Gasteiger partial charge in [0.1, 0.15) is 6.61 Å². The van der Waals surface area contributed by atoms with E-state index in [4.69, 9.17) is 4.74 Å². The van der Waals surface area contributed by atoms with Crippen LogP contribution in [0.1, 0.15) is 52.7 Å². The zero-order valence-electron chi connectivity index (χ0n) is 19.3. The lowest BCUT2D eigenvalue weighted by Crippen LogP contribution is -2.43. The van der Waals surface area contributed by atoms with Gasteiger partial charge in [-0.15, -0.1) is 0 Å². The highest BCUT2D eigenvalue weighted by Gasteiger charge is 2.27. The average Bonchev–Trinajstić information content (AvgIpc) is 2.80. The number of urea groups is 1. The van der Waals surface area contributed by atoms with Crippen molar-refractivity contribution < 1.29 is 14.3 Å². The standard InChI is InChI=1S/C25H33N3O3/c1-24(2,3)27-23(30)26-19-14-13-18-12-11-17-9-7-8-10-20(17)28(21(18)15-19)22(29)16-31-25(4,5)6/h7-10,13-15H,11-12,16H2,1-6H3,(H2,26,27,30). The fourth-order valence-electron chi connectivity index (χ4n) is 3.52. The number of para-hydroxylation sites is 1. The van der Waals surface area contributed by atoms with E-state index in [1.807, 2.05) is 77.9 Å². The number of nitrogens with zero attached hydrogens (tertiary/aromatic N) is 1. The molecule has 0 atom stereocenters. The summed E-state index contributed by atoms with van der Waals surface area (Å²) >= 11 is 0. The minimum Gasteiger partial charge on any atom is -0.366 e. The Kier molecular flexibility index (Phi) is 6.41. The highest BCUT2D eigenvalue weighted by Crippen LogP contribution is 2.37. The van der Waals surface area contributed by atoms with Gasteiger partial charge in [-0.1, -0.05) is 24.3 Å². The van der Waals surface area contributed by atoms with Crippen molar-refractivity contribution in [2.45, 2.75) is 65.5 Å². The molecule has 2 aromatic rings. The molecule has 0 aromatic heterocycles. The van der Waals surface area contributed by atoms with Gasteiger partial charge in [0.05, 0.1) is 17.0 Å². The number of anilines is 3. The van der Waals surface area contributed by atoms with Gasteiger partial charge in [0.25, 0.3) is 5.91 Å². The maximum absolute atomic E-state index is 13.3. The summed E-state index contributed by atoms with van der Waals surface area (Å²) in [6, 6.07) is 13.4. The van der Waals surface area contributed by atoms with E-state index in [2.05, 4.69) is 16.7 Å². The molecule has 0 fully saturated rings. The van der Waals surface area contributed by atoms with Crippen LogP contribution in [0.2, 0.25) is 0 Å². The highest BCUT2D eigenvalue weighted by molar-refractivity contribution is 6.04. The number of hydrogen-bond donors (Lipinski definition) is 2. The normalized spacial score (nSPS) is 13.7. The number of hydrogen-bond acceptors (Lipinski definition) is 3. The van der Waals surface area contributed by atoms with Crippen molar-refractivity contribution in [2.24, 2.45) is 0 Å². The molecule has 6 nitrogen and oxygen atoms in total. The topological polar surface area (TPSA) is 70.7 Å². The molecule has 2 aromatic carbocycles. The van der Waals surface area contributed by atoms with Crippen LogP contribution >= 0.6 is 0 Å². The van der Waals surface area contributed by atoms with Gasteiger partial charge in [0.15, 0.2) is 0 Å². The van der Waals surface area contributed by atoms with E-state index in [0.717, 1.165) is 35.3 Å². The molecule has 166 valence electrons. The lowest BCUT2D eigenvalue weighted by atomic mass is 10.0. The predicted octanol–water partition coefficient (Wildman–Crippen LogP) is 5.19. The Bertz CT molecular complexity index is 971. The van der Waals surface area contributed by atoms with E-state index in [-0.39, 0.29) is 24.1 Å². The van der Waals surface area contributed by atoms with Crippen LogP contribution in [0.4, 0.5) is 21.9 Å². The Morgan fingerprint density at radius 1 is 0.935 bits per heavy atom. The number of aryl methyl sites for hydroxylation is 2. The summed E-state index contributed by atoms with van der Waals surface area (Å²) in [6.45, 7) is 11.5. The molecule has 0 bridgehead atoms. The van der Waals surface area contributed by atoms with Gasteiger partial charge in [-0.25, -0.2) is 4.79 Å². The Labute approximate surface area is 185 Å². The van der Waals surface area contributed by atoms with E-state index in [1.54, 1.807) is 4.90 Å². The van der Waals surface area contributed by atoms with Crippen LogP contribution in [0.15, 0.2) is 42.5 Å². The quantitative estimate of drug-likeness (QED) is 0.714. The number of nitrogens with one attached hydrogen (secondary N) is 2.